The lowest BCUT2D eigenvalue weighted by molar-refractivity contribution is 0.661. The highest BCUT2D eigenvalue weighted by Crippen LogP contribution is 2.26. The molecule has 3 rings (SSSR count). The Balaban J connectivity index is 1.83. The van der Waals surface area contributed by atoms with Crippen molar-refractivity contribution in [3.8, 4) is 6.07 Å². The van der Waals surface area contributed by atoms with Crippen LogP contribution < -0.4 is 10.2 Å². The van der Waals surface area contributed by atoms with Crippen molar-refractivity contribution < 1.29 is 0 Å². The molecule has 1 aliphatic heterocycles. The fourth-order valence-corrected chi connectivity index (χ4v) is 2.63. The van der Waals surface area contributed by atoms with Gasteiger partial charge < -0.3 is 10.2 Å². The molecule has 0 amide bonds. The zero-order valence-corrected chi connectivity index (χ0v) is 11.2. The fraction of sp³-hybridized carbons (Fsp3) is 0.267. The molecule has 2 heterocycles. The van der Waals surface area contributed by atoms with Crippen LogP contribution in [0, 0.1) is 11.3 Å². The van der Waals surface area contributed by atoms with E-state index in [0.29, 0.717) is 11.4 Å². The molecule has 0 bridgehead atoms. The fourth-order valence-electron chi connectivity index (χ4n) is 2.63. The lowest BCUT2D eigenvalue weighted by atomic mass is 9.98. The normalized spacial score (nSPS) is 17.2. The second kappa shape index (κ2) is 5.17. The van der Waals surface area contributed by atoms with Crippen LogP contribution in [0.4, 0.5) is 11.5 Å². The predicted octanol–water partition coefficient (Wildman–Crippen LogP) is 1.82. The molecule has 0 radical (unpaired) electrons. The predicted molar refractivity (Wildman–Crippen MR) is 77.6 cm³/mol. The highest BCUT2D eigenvalue weighted by atomic mass is 15.2. The van der Waals surface area contributed by atoms with Gasteiger partial charge >= 0.3 is 0 Å². The molecule has 0 saturated carbocycles. The molecule has 20 heavy (non-hydrogen) atoms. The van der Waals surface area contributed by atoms with Crippen molar-refractivity contribution in [2.45, 2.75) is 12.5 Å². The topological polar surface area (TPSA) is 64.8 Å². The van der Waals surface area contributed by atoms with Gasteiger partial charge in [0.25, 0.3) is 0 Å². The number of rotatable bonds is 2. The summed E-state index contributed by atoms with van der Waals surface area (Å²) in [5, 5.41) is 12.4. The number of nitrogens with zero attached hydrogens (tertiary/aromatic N) is 4. The average molecular weight is 265 g/mol. The number of hydrogen-bond donors (Lipinski definition) is 1. The average Bonchev–Trinajstić information content (AvgIpc) is 2.48. The number of likely N-dealkylation sites (N-methyl/N-ethyl adjacent to an activating group) is 1. The van der Waals surface area contributed by atoms with E-state index in [1.54, 1.807) is 0 Å². The van der Waals surface area contributed by atoms with Crippen LogP contribution in [-0.2, 0) is 6.42 Å². The third-order valence-electron chi connectivity index (χ3n) is 3.54. The minimum atomic E-state index is 0.233. The number of fused-ring (bicyclic) bond motifs is 1. The molecule has 1 aromatic carbocycles. The summed E-state index contributed by atoms with van der Waals surface area (Å²) in [7, 11) is 2.08. The molecule has 2 aromatic rings. The molecule has 1 aliphatic rings. The largest absolute Gasteiger partial charge is 0.372 e. The Bertz CT molecular complexity index is 661. The van der Waals surface area contributed by atoms with Crippen LogP contribution in [0.15, 0.2) is 36.8 Å². The van der Waals surface area contributed by atoms with Crippen LogP contribution in [0.3, 0.4) is 0 Å². The van der Waals surface area contributed by atoms with Crippen molar-refractivity contribution >= 4 is 11.5 Å². The van der Waals surface area contributed by atoms with Crippen molar-refractivity contribution in [3.63, 3.8) is 0 Å². The van der Waals surface area contributed by atoms with Crippen LogP contribution in [-0.4, -0.2) is 29.6 Å². The Labute approximate surface area is 117 Å². The van der Waals surface area contributed by atoms with E-state index in [2.05, 4.69) is 57.6 Å². The summed E-state index contributed by atoms with van der Waals surface area (Å²) in [6.07, 6.45) is 3.93. The summed E-state index contributed by atoms with van der Waals surface area (Å²) < 4.78 is 0. The van der Waals surface area contributed by atoms with Gasteiger partial charge in [0.2, 0.25) is 0 Å². The van der Waals surface area contributed by atoms with E-state index >= 15 is 0 Å². The Morgan fingerprint density at radius 1 is 1.40 bits per heavy atom. The maximum absolute atomic E-state index is 9.08. The number of nitriles is 1. The van der Waals surface area contributed by atoms with Gasteiger partial charge in [0.1, 0.15) is 23.8 Å². The van der Waals surface area contributed by atoms with E-state index in [9.17, 15) is 0 Å². The summed E-state index contributed by atoms with van der Waals surface area (Å²) in [4.78, 5) is 10.3. The van der Waals surface area contributed by atoms with Gasteiger partial charge in [0, 0.05) is 25.3 Å². The first-order valence-corrected chi connectivity index (χ1v) is 6.53. The van der Waals surface area contributed by atoms with Crippen molar-refractivity contribution in [1.82, 2.24) is 9.97 Å². The second-order valence-corrected chi connectivity index (χ2v) is 4.95. The van der Waals surface area contributed by atoms with E-state index in [1.807, 2.05) is 0 Å². The van der Waals surface area contributed by atoms with Gasteiger partial charge in [-0.3, -0.25) is 0 Å². The lowest BCUT2D eigenvalue weighted by Crippen LogP contribution is -2.40. The van der Waals surface area contributed by atoms with Crippen molar-refractivity contribution in [1.29, 1.82) is 5.26 Å². The molecule has 0 spiro atoms. The van der Waals surface area contributed by atoms with Crippen molar-refractivity contribution in [3.05, 3.63) is 47.9 Å². The zero-order chi connectivity index (χ0) is 13.9. The standard InChI is InChI=1S/C15H15N5/c1-20-9-13(6-11-4-2-3-5-14(11)20)19-15-12(7-16)8-17-10-18-15/h2-5,8,10,13H,6,9H2,1H3,(H,17,18,19)/t13-/m0/s1. The van der Waals surface area contributed by atoms with Gasteiger partial charge in [-0.15, -0.1) is 0 Å². The number of nitrogens with one attached hydrogen (secondary N) is 1. The van der Waals surface area contributed by atoms with Gasteiger partial charge in [0.15, 0.2) is 0 Å². The van der Waals surface area contributed by atoms with E-state index in [-0.39, 0.29) is 6.04 Å². The van der Waals surface area contributed by atoms with Gasteiger partial charge in [-0.1, -0.05) is 18.2 Å². The summed E-state index contributed by atoms with van der Waals surface area (Å²) >= 11 is 0. The third-order valence-corrected chi connectivity index (χ3v) is 3.54. The molecule has 1 atom stereocenters. The minimum absolute atomic E-state index is 0.233. The maximum Gasteiger partial charge on any atom is 0.147 e. The molecule has 0 fully saturated rings. The Hall–Kier alpha value is -2.61. The highest BCUT2D eigenvalue weighted by Gasteiger charge is 2.22. The highest BCUT2D eigenvalue weighted by molar-refractivity contribution is 5.58. The molecule has 1 N–H and O–H groups in total. The number of anilines is 2. The van der Waals surface area contributed by atoms with E-state index in [1.165, 1.54) is 23.8 Å². The van der Waals surface area contributed by atoms with Crippen LogP contribution in [0.1, 0.15) is 11.1 Å². The molecule has 1 aromatic heterocycles. The molecule has 0 aliphatic carbocycles. The van der Waals surface area contributed by atoms with E-state index in [0.717, 1.165) is 13.0 Å². The third kappa shape index (κ3) is 2.28. The molecular weight excluding hydrogens is 250 g/mol. The van der Waals surface area contributed by atoms with Crippen LogP contribution in [0.2, 0.25) is 0 Å². The van der Waals surface area contributed by atoms with Gasteiger partial charge in [-0.25, -0.2) is 9.97 Å². The van der Waals surface area contributed by atoms with Gasteiger partial charge in [-0.2, -0.15) is 5.26 Å². The number of aromatic nitrogens is 2. The summed E-state index contributed by atoms with van der Waals surface area (Å²) in [5.74, 6) is 0.611. The lowest BCUT2D eigenvalue weighted by Gasteiger charge is -2.34. The van der Waals surface area contributed by atoms with Crippen LogP contribution in [0.5, 0.6) is 0 Å². The summed E-state index contributed by atoms with van der Waals surface area (Å²) in [6, 6.07) is 10.7. The monoisotopic (exact) mass is 265 g/mol. The van der Waals surface area contributed by atoms with Crippen LogP contribution >= 0.6 is 0 Å². The number of benzene rings is 1. The SMILES string of the molecule is CN1C[C@@H](Nc2ncncc2C#N)Cc2ccccc21. The second-order valence-electron chi connectivity index (χ2n) is 4.95. The molecule has 0 saturated heterocycles. The number of hydrogen-bond acceptors (Lipinski definition) is 5. The molecule has 5 nitrogen and oxygen atoms in total. The van der Waals surface area contributed by atoms with E-state index in [4.69, 9.17) is 5.26 Å². The molecule has 0 unspecified atom stereocenters. The first-order chi connectivity index (χ1) is 9.78. The Kier molecular flexibility index (Phi) is 3.21. The summed E-state index contributed by atoms with van der Waals surface area (Å²) in [6.45, 7) is 0.881. The molecular formula is C15H15N5. The quantitative estimate of drug-likeness (QED) is 0.897. The number of para-hydroxylation sites is 1. The van der Waals surface area contributed by atoms with Gasteiger partial charge in [-0.05, 0) is 18.1 Å². The zero-order valence-electron chi connectivity index (χ0n) is 11.2. The maximum atomic E-state index is 9.08. The van der Waals surface area contributed by atoms with Crippen molar-refractivity contribution in [2.75, 3.05) is 23.8 Å². The van der Waals surface area contributed by atoms with E-state index < -0.39 is 0 Å². The molecule has 100 valence electrons. The first-order valence-electron chi connectivity index (χ1n) is 6.53. The minimum Gasteiger partial charge on any atom is -0.372 e. The van der Waals surface area contributed by atoms with Crippen molar-refractivity contribution in [2.24, 2.45) is 0 Å². The van der Waals surface area contributed by atoms with Gasteiger partial charge in [0.05, 0.1) is 6.20 Å². The molecule has 5 heteroatoms. The van der Waals surface area contributed by atoms with Crippen LogP contribution in [0.25, 0.3) is 0 Å². The first kappa shape index (κ1) is 12.4. The smallest absolute Gasteiger partial charge is 0.147 e. The Morgan fingerprint density at radius 2 is 2.25 bits per heavy atom. The summed E-state index contributed by atoms with van der Waals surface area (Å²) in [5.41, 5.74) is 3.06. The Morgan fingerprint density at radius 3 is 3.10 bits per heavy atom.